The second kappa shape index (κ2) is 4.27. The first-order valence-electron chi connectivity index (χ1n) is 6.14. The summed E-state index contributed by atoms with van der Waals surface area (Å²) in [4.78, 5) is 2.38. The van der Waals surface area contributed by atoms with Gasteiger partial charge in [0.05, 0.1) is 11.5 Å². The van der Waals surface area contributed by atoms with Crippen molar-refractivity contribution >= 4 is 9.84 Å². The number of rotatable bonds is 2. The van der Waals surface area contributed by atoms with E-state index in [0.717, 1.165) is 32.5 Å². The second-order valence-electron chi connectivity index (χ2n) is 5.34. The zero-order chi connectivity index (χ0) is 11.8. The van der Waals surface area contributed by atoms with Crippen LogP contribution in [0.1, 0.15) is 26.7 Å². The molecule has 2 fully saturated rings. The molecule has 2 saturated heterocycles. The van der Waals surface area contributed by atoms with Crippen LogP contribution in [0.2, 0.25) is 0 Å². The van der Waals surface area contributed by atoms with Gasteiger partial charge in [-0.25, -0.2) is 8.42 Å². The molecule has 2 atom stereocenters. The van der Waals surface area contributed by atoms with Gasteiger partial charge in [-0.3, -0.25) is 4.90 Å². The molecule has 0 aromatic heterocycles. The normalized spacial score (nSPS) is 40.0. The molecule has 2 aliphatic rings. The van der Waals surface area contributed by atoms with Crippen LogP contribution in [0.5, 0.6) is 0 Å². The third-order valence-electron chi connectivity index (χ3n) is 3.99. The average Bonchev–Trinajstić information content (AvgIpc) is 2.55. The van der Waals surface area contributed by atoms with Crippen LogP contribution in [0.25, 0.3) is 0 Å². The van der Waals surface area contributed by atoms with E-state index in [1.54, 1.807) is 0 Å². The van der Waals surface area contributed by atoms with Crippen molar-refractivity contribution in [3.8, 4) is 0 Å². The zero-order valence-corrected chi connectivity index (χ0v) is 11.0. The Balaban J connectivity index is 2.07. The predicted octanol–water partition coefficient (Wildman–Crippen LogP) is 0.247. The van der Waals surface area contributed by atoms with Gasteiger partial charge in [0, 0.05) is 31.2 Å². The lowest BCUT2D eigenvalue weighted by atomic mass is 9.97. The highest BCUT2D eigenvalue weighted by atomic mass is 32.2. The Hall–Kier alpha value is -0.130. The van der Waals surface area contributed by atoms with E-state index >= 15 is 0 Å². The van der Waals surface area contributed by atoms with Crippen molar-refractivity contribution in [2.45, 2.75) is 38.3 Å². The Morgan fingerprint density at radius 3 is 2.81 bits per heavy atom. The van der Waals surface area contributed by atoms with Crippen molar-refractivity contribution in [3.05, 3.63) is 0 Å². The van der Waals surface area contributed by atoms with Gasteiger partial charge in [0.25, 0.3) is 0 Å². The quantitative estimate of drug-likeness (QED) is 0.759. The van der Waals surface area contributed by atoms with E-state index in [1.165, 1.54) is 0 Å². The molecular weight excluding hydrogens is 224 g/mol. The van der Waals surface area contributed by atoms with Gasteiger partial charge in [-0.2, -0.15) is 0 Å². The Morgan fingerprint density at radius 1 is 1.50 bits per heavy atom. The van der Waals surface area contributed by atoms with Crippen LogP contribution < -0.4 is 5.32 Å². The van der Waals surface area contributed by atoms with E-state index in [1.807, 2.05) is 0 Å². The van der Waals surface area contributed by atoms with E-state index < -0.39 is 9.84 Å². The van der Waals surface area contributed by atoms with Crippen LogP contribution >= 0.6 is 0 Å². The lowest BCUT2D eigenvalue weighted by molar-refractivity contribution is 0.0863. The summed E-state index contributed by atoms with van der Waals surface area (Å²) in [5, 5.41) is 3.47. The zero-order valence-electron chi connectivity index (χ0n) is 10.2. The van der Waals surface area contributed by atoms with E-state index in [9.17, 15) is 8.42 Å². The highest BCUT2D eigenvalue weighted by Crippen LogP contribution is 2.30. The fraction of sp³-hybridized carbons (Fsp3) is 1.00. The van der Waals surface area contributed by atoms with Gasteiger partial charge in [-0.1, -0.05) is 6.92 Å². The minimum absolute atomic E-state index is 0.117. The fourth-order valence-electron chi connectivity index (χ4n) is 2.83. The SMILES string of the molecule is CCC1CN(C2(C)CCS(=O)(=O)C2)CCN1. The molecule has 1 N–H and O–H groups in total. The summed E-state index contributed by atoms with van der Waals surface area (Å²) in [6.45, 7) is 7.23. The molecular formula is C11H22N2O2S. The lowest BCUT2D eigenvalue weighted by Gasteiger charge is -2.43. The molecule has 0 radical (unpaired) electrons. The summed E-state index contributed by atoms with van der Waals surface area (Å²) in [6.07, 6.45) is 1.91. The summed E-state index contributed by atoms with van der Waals surface area (Å²) >= 11 is 0. The van der Waals surface area contributed by atoms with Crippen molar-refractivity contribution in [1.29, 1.82) is 0 Å². The number of hydrogen-bond acceptors (Lipinski definition) is 4. The molecule has 0 aromatic carbocycles. The molecule has 0 aliphatic carbocycles. The summed E-state index contributed by atoms with van der Waals surface area (Å²) < 4.78 is 23.2. The third-order valence-corrected chi connectivity index (χ3v) is 5.88. The number of sulfone groups is 1. The summed E-state index contributed by atoms with van der Waals surface area (Å²) in [5.74, 6) is 0.709. The Morgan fingerprint density at radius 2 is 2.25 bits per heavy atom. The summed E-state index contributed by atoms with van der Waals surface area (Å²) in [6, 6.07) is 0.522. The molecule has 0 amide bonds. The van der Waals surface area contributed by atoms with Gasteiger partial charge < -0.3 is 5.32 Å². The first kappa shape index (κ1) is 12.3. The molecule has 2 aliphatic heterocycles. The minimum Gasteiger partial charge on any atom is -0.311 e. The maximum atomic E-state index is 11.6. The van der Waals surface area contributed by atoms with Gasteiger partial charge in [0.2, 0.25) is 0 Å². The molecule has 4 nitrogen and oxygen atoms in total. The molecule has 0 saturated carbocycles. The van der Waals surface area contributed by atoms with Crippen molar-refractivity contribution in [2.75, 3.05) is 31.1 Å². The lowest BCUT2D eigenvalue weighted by Crippen LogP contribution is -2.59. The molecule has 0 spiro atoms. The second-order valence-corrected chi connectivity index (χ2v) is 7.53. The van der Waals surface area contributed by atoms with E-state index in [2.05, 4.69) is 24.1 Å². The van der Waals surface area contributed by atoms with Crippen LogP contribution in [-0.4, -0.2) is 56.0 Å². The number of nitrogens with one attached hydrogen (secondary N) is 1. The Bertz CT molecular complexity index is 355. The van der Waals surface area contributed by atoms with Gasteiger partial charge in [0.1, 0.15) is 0 Å². The molecule has 2 unspecified atom stereocenters. The van der Waals surface area contributed by atoms with Crippen LogP contribution in [-0.2, 0) is 9.84 Å². The van der Waals surface area contributed by atoms with Gasteiger partial charge in [-0.05, 0) is 19.8 Å². The molecule has 2 rings (SSSR count). The fourth-order valence-corrected chi connectivity index (χ4v) is 5.00. The molecule has 16 heavy (non-hydrogen) atoms. The Kier molecular flexibility index (Phi) is 3.29. The number of piperazine rings is 1. The first-order valence-corrected chi connectivity index (χ1v) is 7.96. The summed E-state index contributed by atoms with van der Waals surface area (Å²) in [7, 11) is -2.79. The van der Waals surface area contributed by atoms with E-state index in [0.29, 0.717) is 17.5 Å². The van der Waals surface area contributed by atoms with Gasteiger partial charge in [0.15, 0.2) is 9.84 Å². The highest BCUT2D eigenvalue weighted by Gasteiger charge is 2.43. The van der Waals surface area contributed by atoms with Crippen molar-refractivity contribution in [3.63, 3.8) is 0 Å². The van der Waals surface area contributed by atoms with Crippen molar-refractivity contribution in [1.82, 2.24) is 10.2 Å². The number of nitrogens with zero attached hydrogens (tertiary/aromatic N) is 1. The average molecular weight is 246 g/mol. The van der Waals surface area contributed by atoms with Crippen LogP contribution in [0, 0.1) is 0 Å². The maximum absolute atomic E-state index is 11.6. The van der Waals surface area contributed by atoms with Crippen LogP contribution in [0.4, 0.5) is 0 Å². The standard InChI is InChI=1S/C11H22N2O2S/c1-3-10-8-13(6-5-12-10)11(2)4-7-16(14,15)9-11/h10,12H,3-9H2,1-2H3. The van der Waals surface area contributed by atoms with Gasteiger partial charge in [-0.15, -0.1) is 0 Å². The van der Waals surface area contributed by atoms with E-state index in [-0.39, 0.29) is 5.54 Å². The molecule has 5 heteroatoms. The number of hydrogen-bond donors (Lipinski definition) is 1. The molecule has 0 aromatic rings. The Labute approximate surface area is 98.3 Å². The molecule has 0 bridgehead atoms. The van der Waals surface area contributed by atoms with Crippen molar-refractivity contribution in [2.24, 2.45) is 0 Å². The van der Waals surface area contributed by atoms with Gasteiger partial charge >= 0.3 is 0 Å². The first-order chi connectivity index (χ1) is 7.45. The monoisotopic (exact) mass is 246 g/mol. The van der Waals surface area contributed by atoms with E-state index in [4.69, 9.17) is 0 Å². The van der Waals surface area contributed by atoms with Crippen molar-refractivity contribution < 1.29 is 8.42 Å². The van der Waals surface area contributed by atoms with Crippen LogP contribution in [0.3, 0.4) is 0 Å². The van der Waals surface area contributed by atoms with Crippen LogP contribution in [0.15, 0.2) is 0 Å². The maximum Gasteiger partial charge on any atom is 0.152 e. The predicted molar refractivity (Wildman–Crippen MR) is 65.3 cm³/mol. The molecule has 2 heterocycles. The summed E-state index contributed by atoms with van der Waals surface area (Å²) in [5.41, 5.74) is -0.117. The molecule has 94 valence electrons. The largest absolute Gasteiger partial charge is 0.311 e. The topological polar surface area (TPSA) is 49.4 Å². The minimum atomic E-state index is -2.79. The third kappa shape index (κ3) is 2.41. The highest BCUT2D eigenvalue weighted by molar-refractivity contribution is 7.91. The smallest absolute Gasteiger partial charge is 0.152 e.